The highest BCUT2D eigenvalue weighted by Crippen LogP contribution is 2.30. The Kier molecular flexibility index (Phi) is 6.31. The number of nitro groups is 1. The maximum Gasteiger partial charge on any atom is 0.338 e. The first-order valence-electron chi connectivity index (χ1n) is 8.49. The number of anilines is 1. The molecule has 8 heteroatoms. The van der Waals surface area contributed by atoms with Gasteiger partial charge in [0.15, 0.2) is 0 Å². The van der Waals surface area contributed by atoms with Gasteiger partial charge in [0.05, 0.1) is 23.7 Å². The Labute approximate surface area is 161 Å². The second-order valence-corrected chi connectivity index (χ2v) is 6.86. The van der Waals surface area contributed by atoms with Gasteiger partial charge in [0, 0.05) is 24.1 Å². The third-order valence-corrected chi connectivity index (χ3v) is 5.03. The predicted octanol–water partition coefficient (Wildman–Crippen LogP) is 3.51. The number of thioether (sulfide) groups is 1. The molecule has 1 aliphatic heterocycles. The third-order valence-electron chi connectivity index (χ3n) is 4.29. The summed E-state index contributed by atoms with van der Waals surface area (Å²) >= 11 is 1.63. The van der Waals surface area contributed by atoms with E-state index < -0.39 is 10.9 Å². The van der Waals surface area contributed by atoms with Crippen molar-refractivity contribution < 1.29 is 19.2 Å². The fourth-order valence-electron chi connectivity index (χ4n) is 2.82. The van der Waals surface area contributed by atoms with Crippen molar-refractivity contribution in [1.82, 2.24) is 0 Å². The minimum absolute atomic E-state index is 0.101. The number of carbonyl (C=O) groups is 1. The molecule has 1 aliphatic rings. The van der Waals surface area contributed by atoms with Crippen LogP contribution < -0.4 is 4.90 Å². The zero-order chi connectivity index (χ0) is 19.2. The third kappa shape index (κ3) is 4.78. The van der Waals surface area contributed by atoms with Crippen LogP contribution in [0.4, 0.5) is 11.4 Å². The van der Waals surface area contributed by atoms with Crippen molar-refractivity contribution in [2.45, 2.75) is 11.5 Å². The van der Waals surface area contributed by atoms with Crippen molar-refractivity contribution in [3.8, 4) is 0 Å². The lowest BCUT2D eigenvalue weighted by atomic mass is 10.1. The molecule has 3 rings (SSSR count). The summed E-state index contributed by atoms with van der Waals surface area (Å²) in [7, 11) is 0. The van der Waals surface area contributed by atoms with Crippen LogP contribution in [-0.2, 0) is 16.1 Å². The van der Waals surface area contributed by atoms with Crippen LogP contribution in [0.25, 0.3) is 0 Å². The SMILES string of the molecule is CSc1ccc(COC(=O)c2ccc(N3CCOCC3)c([N+](=O)[O-])c2)cc1. The normalized spacial score (nSPS) is 14.0. The Balaban J connectivity index is 1.72. The summed E-state index contributed by atoms with van der Waals surface area (Å²) in [6.07, 6.45) is 1.99. The van der Waals surface area contributed by atoms with E-state index in [1.54, 1.807) is 23.9 Å². The van der Waals surface area contributed by atoms with E-state index in [0.717, 1.165) is 10.5 Å². The van der Waals surface area contributed by atoms with E-state index in [1.165, 1.54) is 6.07 Å². The summed E-state index contributed by atoms with van der Waals surface area (Å²) in [6, 6.07) is 12.1. The van der Waals surface area contributed by atoms with Gasteiger partial charge in [-0.1, -0.05) is 12.1 Å². The van der Waals surface area contributed by atoms with Gasteiger partial charge in [0.1, 0.15) is 12.3 Å². The Morgan fingerprint density at radius 3 is 2.56 bits per heavy atom. The van der Waals surface area contributed by atoms with Crippen molar-refractivity contribution in [2.24, 2.45) is 0 Å². The van der Waals surface area contributed by atoms with Crippen molar-refractivity contribution in [2.75, 3.05) is 37.5 Å². The molecule has 1 saturated heterocycles. The molecule has 27 heavy (non-hydrogen) atoms. The molecular weight excluding hydrogens is 368 g/mol. The molecule has 2 aromatic carbocycles. The monoisotopic (exact) mass is 388 g/mol. The quantitative estimate of drug-likeness (QED) is 0.324. The summed E-state index contributed by atoms with van der Waals surface area (Å²) < 4.78 is 10.6. The summed E-state index contributed by atoms with van der Waals surface area (Å²) in [6.45, 7) is 2.33. The van der Waals surface area contributed by atoms with Crippen molar-refractivity contribution in [1.29, 1.82) is 0 Å². The number of nitrogens with zero attached hydrogens (tertiary/aromatic N) is 2. The molecule has 0 bridgehead atoms. The molecular formula is C19H20N2O5S. The van der Waals surface area contributed by atoms with Crippen molar-refractivity contribution in [3.63, 3.8) is 0 Å². The lowest BCUT2D eigenvalue weighted by Crippen LogP contribution is -2.36. The minimum atomic E-state index is -0.583. The fourth-order valence-corrected chi connectivity index (χ4v) is 3.23. The number of esters is 1. The Hall–Kier alpha value is -2.58. The highest BCUT2D eigenvalue weighted by molar-refractivity contribution is 7.98. The molecule has 1 heterocycles. The molecule has 7 nitrogen and oxygen atoms in total. The number of rotatable bonds is 6. The topological polar surface area (TPSA) is 81.9 Å². The number of morpholine rings is 1. The van der Waals surface area contributed by atoms with Crippen LogP contribution in [0.2, 0.25) is 0 Å². The maximum atomic E-state index is 12.3. The Morgan fingerprint density at radius 2 is 1.93 bits per heavy atom. The van der Waals surface area contributed by atoms with E-state index in [9.17, 15) is 14.9 Å². The lowest BCUT2D eigenvalue weighted by molar-refractivity contribution is -0.384. The summed E-state index contributed by atoms with van der Waals surface area (Å²) in [5.41, 5.74) is 1.42. The summed E-state index contributed by atoms with van der Waals surface area (Å²) in [4.78, 5) is 26.3. The van der Waals surface area contributed by atoms with Gasteiger partial charge in [-0.3, -0.25) is 10.1 Å². The van der Waals surface area contributed by atoms with Gasteiger partial charge < -0.3 is 14.4 Å². The van der Waals surface area contributed by atoms with Crippen LogP contribution in [0, 0.1) is 10.1 Å². The van der Waals surface area contributed by atoms with E-state index in [-0.39, 0.29) is 17.9 Å². The van der Waals surface area contributed by atoms with Crippen LogP contribution in [0.15, 0.2) is 47.4 Å². The molecule has 0 atom stereocenters. The second-order valence-electron chi connectivity index (χ2n) is 5.98. The molecule has 0 aromatic heterocycles. The molecule has 0 amide bonds. The molecule has 1 fully saturated rings. The van der Waals surface area contributed by atoms with Gasteiger partial charge in [-0.25, -0.2) is 4.79 Å². The first kappa shape index (κ1) is 19.2. The van der Waals surface area contributed by atoms with Gasteiger partial charge in [-0.05, 0) is 36.1 Å². The van der Waals surface area contributed by atoms with Crippen molar-refractivity contribution >= 4 is 29.1 Å². The predicted molar refractivity (Wildman–Crippen MR) is 103 cm³/mol. The van der Waals surface area contributed by atoms with Gasteiger partial charge in [-0.2, -0.15) is 0 Å². The number of nitro benzene ring substituents is 1. The minimum Gasteiger partial charge on any atom is -0.457 e. The van der Waals surface area contributed by atoms with E-state index in [2.05, 4.69) is 0 Å². The van der Waals surface area contributed by atoms with Crippen LogP contribution >= 0.6 is 11.8 Å². The standard InChI is InChI=1S/C19H20N2O5S/c1-27-16-5-2-14(3-6-16)13-26-19(22)15-4-7-17(18(12-15)21(23)24)20-8-10-25-11-9-20/h2-7,12H,8-11,13H2,1H3. The molecule has 0 aliphatic carbocycles. The van der Waals surface area contributed by atoms with Crippen molar-refractivity contribution in [3.05, 3.63) is 63.7 Å². The van der Waals surface area contributed by atoms with Crippen LogP contribution in [0.5, 0.6) is 0 Å². The van der Waals surface area contributed by atoms with E-state index in [0.29, 0.717) is 32.0 Å². The van der Waals surface area contributed by atoms with Gasteiger partial charge >= 0.3 is 5.97 Å². The van der Waals surface area contributed by atoms with Gasteiger partial charge in [-0.15, -0.1) is 11.8 Å². The first-order chi connectivity index (χ1) is 13.1. The molecule has 0 unspecified atom stereocenters. The molecule has 2 aromatic rings. The largest absolute Gasteiger partial charge is 0.457 e. The van der Waals surface area contributed by atoms with E-state index in [4.69, 9.17) is 9.47 Å². The lowest BCUT2D eigenvalue weighted by Gasteiger charge is -2.28. The molecule has 142 valence electrons. The first-order valence-corrected chi connectivity index (χ1v) is 9.72. The number of benzene rings is 2. The number of hydrogen-bond acceptors (Lipinski definition) is 7. The Morgan fingerprint density at radius 1 is 1.22 bits per heavy atom. The number of ether oxygens (including phenoxy) is 2. The summed E-state index contributed by atoms with van der Waals surface area (Å²) in [5, 5.41) is 11.5. The van der Waals surface area contributed by atoms with Gasteiger partial charge in [0.25, 0.3) is 5.69 Å². The highest BCUT2D eigenvalue weighted by atomic mass is 32.2. The number of hydrogen-bond donors (Lipinski definition) is 0. The van der Waals surface area contributed by atoms with Crippen LogP contribution in [0.1, 0.15) is 15.9 Å². The smallest absolute Gasteiger partial charge is 0.338 e. The zero-order valence-electron chi connectivity index (χ0n) is 14.9. The van der Waals surface area contributed by atoms with Gasteiger partial charge in [0.2, 0.25) is 0 Å². The fraction of sp³-hybridized carbons (Fsp3) is 0.316. The molecule has 0 N–H and O–H groups in total. The van der Waals surface area contributed by atoms with E-state index >= 15 is 0 Å². The maximum absolute atomic E-state index is 12.3. The highest BCUT2D eigenvalue weighted by Gasteiger charge is 2.23. The molecule has 0 radical (unpaired) electrons. The average molecular weight is 388 g/mol. The summed E-state index contributed by atoms with van der Waals surface area (Å²) in [5.74, 6) is -0.583. The average Bonchev–Trinajstić information content (AvgIpc) is 2.72. The molecule has 0 saturated carbocycles. The van der Waals surface area contributed by atoms with E-state index in [1.807, 2.05) is 35.4 Å². The van der Waals surface area contributed by atoms with Crippen LogP contribution in [-0.4, -0.2) is 43.5 Å². The second kappa shape index (κ2) is 8.88. The molecule has 0 spiro atoms. The zero-order valence-corrected chi connectivity index (χ0v) is 15.7. The Bertz CT molecular complexity index is 819. The van der Waals surface area contributed by atoms with Crippen LogP contribution in [0.3, 0.4) is 0 Å². The number of carbonyl (C=O) groups excluding carboxylic acids is 1.